The van der Waals surface area contributed by atoms with Gasteiger partial charge in [-0.2, -0.15) is 0 Å². The van der Waals surface area contributed by atoms with Gasteiger partial charge in [0.2, 0.25) is 0 Å². The number of aliphatic hydroxyl groups is 2. The van der Waals surface area contributed by atoms with Crippen LogP contribution in [0, 0.1) is 5.92 Å². The second-order valence-electron chi connectivity index (χ2n) is 4.60. The number of hydrogen-bond acceptors (Lipinski definition) is 2. The van der Waals surface area contributed by atoms with Gasteiger partial charge in [0.25, 0.3) is 0 Å². The molecule has 0 aliphatic heterocycles. The van der Waals surface area contributed by atoms with E-state index in [1.807, 2.05) is 0 Å². The molecular weight excluding hydrogens is 152 g/mol. The highest BCUT2D eigenvalue weighted by molar-refractivity contribution is 5.09. The van der Waals surface area contributed by atoms with Gasteiger partial charge < -0.3 is 10.2 Å². The van der Waals surface area contributed by atoms with Crippen molar-refractivity contribution in [3.8, 4) is 0 Å². The van der Waals surface area contributed by atoms with Gasteiger partial charge in [0, 0.05) is 0 Å². The van der Waals surface area contributed by atoms with Crippen molar-refractivity contribution in [1.82, 2.24) is 0 Å². The van der Waals surface area contributed by atoms with Crippen LogP contribution in [-0.4, -0.2) is 21.4 Å². The number of hydrogen-bond donors (Lipinski definition) is 2. The molecule has 2 aliphatic carbocycles. The maximum absolute atomic E-state index is 10.3. The van der Waals surface area contributed by atoms with Crippen LogP contribution in [0.25, 0.3) is 0 Å². The molecule has 2 rings (SSSR count). The Morgan fingerprint density at radius 3 is 2.08 bits per heavy atom. The first-order valence-corrected chi connectivity index (χ1v) is 5.03. The third-order valence-electron chi connectivity index (χ3n) is 4.00. The highest BCUT2D eigenvalue weighted by Crippen LogP contribution is 2.51. The van der Waals surface area contributed by atoms with Crippen molar-refractivity contribution in [2.75, 3.05) is 0 Å². The molecule has 0 saturated heterocycles. The van der Waals surface area contributed by atoms with Gasteiger partial charge >= 0.3 is 0 Å². The Morgan fingerprint density at radius 1 is 1.08 bits per heavy atom. The highest BCUT2D eigenvalue weighted by Gasteiger charge is 2.57. The van der Waals surface area contributed by atoms with E-state index in [0.29, 0.717) is 0 Å². The summed E-state index contributed by atoms with van der Waals surface area (Å²) in [5.41, 5.74) is -1.49. The van der Waals surface area contributed by atoms with E-state index in [1.165, 1.54) is 0 Å². The van der Waals surface area contributed by atoms with Crippen LogP contribution in [0.15, 0.2) is 0 Å². The zero-order valence-corrected chi connectivity index (χ0v) is 7.71. The summed E-state index contributed by atoms with van der Waals surface area (Å²) >= 11 is 0. The summed E-state index contributed by atoms with van der Waals surface area (Å²) in [6.07, 6.45) is 5.61. The minimum atomic E-state index is -0.759. The molecule has 0 aromatic heterocycles. The smallest absolute Gasteiger partial charge is 0.0958 e. The molecule has 0 bridgehead atoms. The minimum Gasteiger partial charge on any atom is -0.387 e. The third kappa shape index (κ3) is 0.882. The molecular formula is C10H18O2. The van der Waals surface area contributed by atoms with E-state index in [1.54, 1.807) is 0 Å². The van der Waals surface area contributed by atoms with E-state index in [2.05, 4.69) is 6.92 Å². The molecule has 2 aliphatic rings. The summed E-state index contributed by atoms with van der Waals surface area (Å²) in [4.78, 5) is 0. The lowest BCUT2D eigenvalue weighted by Gasteiger charge is -2.50. The van der Waals surface area contributed by atoms with E-state index in [-0.39, 0.29) is 5.92 Å². The standard InChI is InChI=1S/C10H18O2/c1-8-4-2-7-10(8,12)9(11)5-3-6-9/h8,11-12H,2-7H2,1H3. The predicted octanol–water partition coefficient (Wildman–Crippen LogP) is 1.45. The molecule has 2 atom stereocenters. The van der Waals surface area contributed by atoms with E-state index in [4.69, 9.17) is 0 Å². The molecule has 0 amide bonds. The van der Waals surface area contributed by atoms with Crippen molar-refractivity contribution in [2.24, 2.45) is 5.92 Å². The van der Waals surface area contributed by atoms with Crippen LogP contribution in [0.1, 0.15) is 45.4 Å². The average Bonchev–Trinajstić information content (AvgIpc) is 2.29. The minimum absolute atomic E-state index is 0.280. The first-order valence-electron chi connectivity index (χ1n) is 5.03. The van der Waals surface area contributed by atoms with Crippen LogP contribution < -0.4 is 0 Å². The topological polar surface area (TPSA) is 40.5 Å². The number of rotatable bonds is 1. The van der Waals surface area contributed by atoms with Gasteiger partial charge in [-0.3, -0.25) is 0 Å². The van der Waals surface area contributed by atoms with Crippen molar-refractivity contribution in [3.05, 3.63) is 0 Å². The van der Waals surface area contributed by atoms with Gasteiger partial charge in [0.05, 0.1) is 11.2 Å². The molecule has 2 nitrogen and oxygen atoms in total. The van der Waals surface area contributed by atoms with Crippen molar-refractivity contribution in [1.29, 1.82) is 0 Å². The molecule has 0 aromatic carbocycles. The summed E-state index contributed by atoms with van der Waals surface area (Å²) in [6.45, 7) is 2.06. The lowest BCUT2D eigenvalue weighted by molar-refractivity contribution is -0.204. The maximum Gasteiger partial charge on any atom is 0.0958 e. The van der Waals surface area contributed by atoms with Crippen LogP contribution in [0.2, 0.25) is 0 Å². The second-order valence-corrected chi connectivity index (χ2v) is 4.60. The molecule has 2 fully saturated rings. The molecule has 2 N–H and O–H groups in total. The molecule has 2 unspecified atom stereocenters. The Kier molecular flexibility index (Phi) is 1.74. The highest BCUT2D eigenvalue weighted by atomic mass is 16.4. The first kappa shape index (κ1) is 8.52. The predicted molar refractivity (Wildman–Crippen MR) is 46.8 cm³/mol. The monoisotopic (exact) mass is 170 g/mol. The summed E-state index contributed by atoms with van der Waals surface area (Å²) in [5.74, 6) is 0.280. The molecule has 0 aromatic rings. The average molecular weight is 170 g/mol. The SMILES string of the molecule is CC1CCCC1(O)C1(O)CCC1. The normalized spacial score (nSPS) is 45.8. The Balaban J connectivity index is 2.18. The van der Waals surface area contributed by atoms with E-state index >= 15 is 0 Å². The fourth-order valence-corrected chi connectivity index (χ4v) is 2.80. The van der Waals surface area contributed by atoms with Gasteiger partial charge in [-0.1, -0.05) is 13.3 Å². The van der Waals surface area contributed by atoms with Gasteiger partial charge in [-0.15, -0.1) is 0 Å². The van der Waals surface area contributed by atoms with Gasteiger partial charge in [-0.25, -0.2) is 0 Å². The van der Waals surface area contributed by atoms with Crippen molar-refractivity contribution in [3.63, 3.8) is 0 Å². The molecule has 2 saturated carbocycles. The Morgan fingerprint density at radius 2 is 1.75 bits per heavy atom. The fourth-order valence-electron chi connectivity index (χ4n) is 2.80. The molecule has 0 spiro atoms. The van der Waals surface area contributed by atoms with Crippen LogP contribution in [-0.2, 0) is 0 Å². The molecule has 2 heteroatoms. The van der Waals surface area contributed by atoms with Crippen LogP contribution in [0.3, 0.4) is 0 Å². The van der Waals surface area contributed by atoms with Crippen molar-refractivity contribution >= 4 is 0 Å². The fraction of sp³-hybridized carbons (Fsp3) is 1.00. The van der Waals surface area contributed by atoms with Crippen LogP contribution in [0.4, 0.5) is 0 Å². The quantitative estimate of drug-likeness (QED) is 0.625. The molecule has 0 heterocycles. The van der Waals surface area contributed by atoms with Gasteiger partial charge in [0.1, 0.15) is 0 Å². The van der Waals surface area contributed by atoms with Gasteiger partial charge in [-0.05, 0) is 38.0 Å². The lowest BCUT2D eigenvalue weighted by atomic mass is 9.65. The first-order chi connectivity index (χ1) is 5.58. The largest absolute Gasteiger partial charge is 0.387 e. The van der Waals surface area contributed by atoms with E-state index in [0.717, 1.165) is 38.5 Å². The summed E-state index contributed by atoms with van der Waals surface area (Å²) in [6, 6.07) is 0. The summed E-state index contributed by atoms with van der Waals surface area (Å²) in [5, 5.41) is 20.4. The lowest BCUT2D eigenvalue weighted by Crippen LogP contribution is -2.59. The van der Waals surface area contributed by atoms with E-state index < -0.39 is 11.2 Å². The van der Waals surface area contributed by atoms with Gasteiger partial charge in [0.15, 0.2) is 0 Å². The Bertz CT molecular complexity index is 186. The molecule has 12 heavy (non-hydrogen) atoms. The van der Waals surface area contributed by atoms with Crippen LogP contribution in [0.5, 0.6) is 0 Å². The summed E-state index contributed by atoms with van der Waals surface area (Å²) in [7, 11) is 0. The Hall–Kier alpha value is -0.0800. The van der Waals surface area contributed by atoms with Crippen LogP contribution >= 0.6 is 0 Å². The Labute approximate surface area is 73.6 Å². The van der Waals surface area contributed by atoms with Crippen molar-refractivity contribution < 1.29 is 10.2 Å². The maximum atomic E-state index is 10.3. The van der Waals surface area contributed by atoms with E-state index in [9.17, 15) is 10.2 Å². The zero-order valence-electron chi connectivity index (χ0n) is 7.71. The zero-order chi connectivity index (χ0) is 8.82. The molecule has 0 radical (unpaired) electrons. The molecule has 70 valence electrons. The summed E-state index contributed by atoms with van der Waals surface area (Å²) < 4.78 is 0. The third-order valence-corrected chi connectivity index (χ3v) is 4.00. The van der Waals surface area contributed by atoms with Crippen molar-refractivity contribution in [2.45, 2.75) is 56.7 Å². The second kappa shape index (κ2) is 2.46.